The maximum atomic E-state index is 12.5. The number of benzene rings is 2. The summed E-state index contributed by atoms with van der Waals surface area (Å²) in [5, 5.41) is 2.67. The van der Waals surface area contributed by atoms with Gasteiger partial charge in [0.05, 0.1) is 13.5 Å². The van der Waals surface area contributed by atoms with Crippen LogP contribution < -0.4 is 10.1 Å². The number of rotatable bonds is 7. The van der Waals surface area contributed by atoms with Gasteiger partial charge in [0, 0.05) is 12.1 Å². The number of methoxy groups -OCH3 is 1. The number of carbonyl (C=O) groups excluding carboxylic acids is 4. The molecule has 3 rings (SSSR count). The van der Waals surface area contributed by atoms with Crippen molar-refractivity contribution in [2.24, 2.45) is 0 Å². The summed E-state index contributed by atoms with van der Waals surface area (Å²) >= 11 is 0. The molecular formula is C22H22N2O6. The van der Waals surface area contributed by atoms with E-state index >= 15 is 0 Å². The van der Waals surface area contributed by atoms with Gasteiger partial charge in [-0.05, 0) is 36.2 Å². The molecule has 0 aromatic heterocycles. The Labute approximate surface area is 173 Å². The van der Waals surface area contributed by atoms with Crippen molar-refractivity contribution in [3.05, 3.63) is 65.2 Å². The van der Waals surface area contributed by atoms with E-state index in [4.69, 9.17) is 9.47 Å². The van der Waals surface area contributed by atoms with E-state index in [1.165, 1.54) is 6.92 Å². The topological polar surface area (TPSA) is 102 Å². The Kier molecular flexibility index (Phi) is 6.46. The Bertz CT molecular complexity index is 970. The van der Waals surface area contributed by atoms with Gasteiger partial charge in [0.25, 0.3) is 11.8 Å². The van der Waals surface area contributed by atoms with Gasteiger partial charge in [-0.25, -0.2) is 0 Å². The van der Waals surface area contributed by atoms with Crippen LogP contribution in [0.25, 0.3) is 0 Å². The Hall–Kier alpha value is -3.68. The van der Waals surface area contributed by atoms with Gasteiger partial charge in [0.2, 0.25) is 5.91 Å². The molecule has 1 N–H and O–H groups in total. The number of imide groups is 1. The van der Waals surface area contributed by atoms with Crippen LogP contribution in [0.5, 0.6) is 5.75 Å². The lowest BCUT2D eigenvalue weighted by molar-refractivity contribution is -0.156. The first-order chi connectivity index (χ1) is 14.4. The van der Waals surface area contributed by atoms with Crippen LogP contribution in [0.1, 0.15) is 28.4 Å². The highest BCUT2D eigenvalue weighted by molar-refractivity contribution is 6.11. The molecule has 0 saturated carbocycles. The summed E-state index contributed by atoms with van der Waals surface area (Å²) in [4.78, 5) is 50.0. The van der Waals surface area contributed by atoms with Crippen LogP contribution in [0.2, 0.25) is 0 Å². The van der Waals surface area contributed by atoms with Crippen molar-refractivity contribution >= 4 is 23.7 Å². The second-order valence-electron chi connectivity index (χ2n) is 6.82. The number of nitrogens with zero attached hydrogens (tertiary/aromatic N) is 1. The quantitative estimate of drug-likeness (QED) is 0.548. The highest BCUT2D eigenvalue weighted by atomic mass is 16.5. The van der Waals surface area contributed by atoms with Crippen LogP contribution in [0, 0.1) is 0 Å². The lowest BCUT2D eigenvalue weighted by Crippen LogP contribution is -2.46. The number of nitrogens with one attached hydrogen (secondary N) is 1. The first-order valence-corrected chi connectivity index (χ1v) is 9.41. The molecular weight excluding hydrogens is 388 g/mol. The average molecular weight is 410 g/mol. The average Bonchev–Trinajstić information content (AvgIpc) is 2.75. The Morgan fingerprint density at radius 2 is 1.80 bits per heavy atom. The first-order valence-electron chi connectivity index (χ1n) is 9.41. The number of amides is 3. The van der Waals surface area contributed by atoms with Crippen molar-refractivity contribution in [2.45, 2.75) is 26.0 Å². The minimum absolute atomic E-state index is 0.0348. The minimum Gasteiger partial charge on any atom is -0.497 e. The van der Waals surface area contributed by atoms with Gasteiger partial charge < -0.3 is 14.8 Å². The number of carbonyl (C=O) groups is 4. The van der Waals surface area contributed by atoms with E-state index < -0.39 is 36.3 Å². The molecule has 8 nitrogen and oxygen atoms in total. The lowest BCUT2D eigenvalue weighted by atomic mass is 9.98. The summed E-state index contributed by atoms with van der Waals surface area (Å²) in [5.41, 5.74) is 1.87. The number of hydrogen-bond donors (Lipinski definition) is 1. The molecule has 0 fully saturated rings. The standard InChI is InChI=1S/C22H22N2O6/c1-14(21(27)23-12-15-7-9-17(29-2)10-8-15)30-20(26)13-24-19(25)11-16-5-3-4-6-18(16)22(24)28/h3-10,14H,11-13H2,1-2H3,(H,23,27)/t14-/m1/s1. The zero-order chi connectivity index (χ0) is 21.7. The normalized spacial score (nSPS) is 14.0. The summed E-state index contributed by atoms with van der Waals surface area (Å²) in [6.45, 7) is 1.14. The molecule has 0 radical (unpaired) electrons. The zero-order valence-electron chi connectivity index (χ0n) is 16.7. The van der Waals surface area contributed by atoms with Gasteiger partial charge in [-0.2, -0.15) is 0 Å². The minimum atomic E-state index is -1.07. The lowest BCUT2D eigenvalue weighted by Gasteiger charge is -2.26. The molecule has 0 spiro atoms. The van der Waals surface area contributed by atoms with Crippen molar-refractivity contribution in [3.63, 3.8) is 0 Å². The van der Waals surface area contributed by atoms with Gasteiger partial charge in [-0.1, -0.05) is 30.3 Å². The van der Waals surface area contributed by atoms with E-state index in [0.717, 1.165) is 10.5 Å². The Balaban J connectivity index is 1.51. The molecule has 0 saturated heterocycles. The van der Waals surface area contributed by atoms with Gasteiger partial charge in [0.1, 0.15) is 12.3 Å². The predicted molar refractivity (Wildman–Crippen MR) is 107 cm³/mol. The molecule has 2 aromatic carbocycles. The van der Waals surface area contributed by atoms with Crippen LogP contribution in [0.15, 0.2) is 48.5 Å². The Morgan fingerprint density at radius 1 is 1.10 bits per heavy atom. The van der Waals surface area contributed by atoms with Crippen molar-refractivity contribution in [1.29, 1.82) is 0 Å². The molecule has 0 aliphatic carbocycles. The predicted octanol–water partition coefficient (Wildman–Crippen LogP) is 1.47. The molecule has 2 aromatic rings. The maximum Gasteiger partial charge on any atom is 0.326 e. The van der Waals surface area contributed by atoms with E-state index in [2.05, 4.69) is 5.32 Å². The molecule has 1 aliphatic heterocycles. The largest absolute Gasteiger partial charge is 0.497 e. The van der Waals surface area contributed by atoms with E-state index in [1.54, 1.807) is 55.6 Å². The summed E-state index contributed by atoms with van der Waals surface area (Å²) in [6, 6.07) is 13.9. The number of fused-ring (bicyclic) bond motifs is 1. The fourth-order valence-electron chi connectivity index (χ4n) is 3.05. The van der Waals surface area contributed by atoms with Crippen molar-refractivity contribution in [2.75, 3.05) is 13.7 Å². The smallest absolute Gasteiger partial charge is 0.326 e. The third kappa shape index (κ3) is 4.83. The van der Waals surface area contributed by atoms with Gasteiger partial charge in [0.15, 0.2) is 6.10 Å². The second-order valence-corrected chi connectivity index (χ2v) is 6.82. The number of esters is 1. The van der Waals surface area contributed by atoms with E-state index in [0.29, 0.717) is 16.9 Å². The van der Waals surface area contributed by atoms with Gasteiger partial charge >= 0.3 is 5.97 Å². The number of hydrogen-bond acceptors (Lipinski definition) is 6. The zero-order valence-corrected chi connectivity index (χ0v) is 16.7. The molecule has 0 unspecified atom stereocenters. The van der Waals surface area contributed by atoms with Crippen LogP contribution >= 0.6 is 0 Å². The maximum absolute atomic E-state index is 12.5. The SMILES string of the molecule is COc1ccc(CNC(=O)[C@@H](C)OC(=O)CN2C(=O)Cc3ccccc3C2=O)cc1. The van der Waals surface area contributed by atoms with Crippen molar-refractivity contribution in [3.8, 4) is 5.75 Å². The highest BCUT2D eigenvalue weighted by Gasteiger charge is 2.33. The van der Waals surface area contributed by atoms with Gasteiger partial charge in [-0.15, -0.1) is 0 Å². The first kappa shape index (κ1) is 21.0. The van der Waals surface area contributed by atoms with Gasteiger partial charge in [-0.3, -0.25) is 24.1 Å². The molecule has 1 aliphatic rings. The monoisotopic (exact) mass is 410 g/mol. The molecule has 1 heterocycles. The molecule has 1 atom stereocenters. The Morgan fingerprint density at radius 3 is 2.50 bits per heavy atom. The third-order valence-corrected chi connectivity index (χ3v) is 4.73. The second kappa shape index (κ2) is 9.21. The fraction of sp³-hybridized carbons (Fsp3) is 0.273. The molecule has 30 heavy (non-hydrogen) atoms. The van der Waals surface area contributed by atoms with Crippen LogP contribution in [0.3, 0.4) is 0 Å². The highest BCUT2D eigenvalue weighted by Crippen LogP contribution is 2.19. The summed E-state index contributed by atoms with van der Waals surface area (Å²) < 4.78 is 10.2. The molecule has 156 valence electrons. The van der Waals surface area contributed by atoms with E-state index in [-0.39, 0.29) is 13.0 Å². The van der Waals surface area contributed by atoms with E-state index in [1.807, 2.05) is 0 Å². The van der Waals surface area contributed by atoms with Crippen LogP contribution in [-0.2, 0) is 32.1 Å². The van der Waals surface area contributed by atoms with E-state index in [9.17, 15) is 19.2 Å². The van der Waals surface area contributed by atoms with Crippen LogP contribution in [0.4, 0.5) is 0 Å². The third-order valence-electron chi connectivity index (χ3n) is 4.73. The van der Waals surface area contributed by atoms with Crippen LogP contribution in [-0.4, -0.2) is 48.3 Å². The molecule has 8 heteroatoms. The van der Waals surface area contributed by atoms with Crippen molar-refractivity contribution in [1.82, 2.24) is 10.2 Å². The summed E-state index contributed by atoms with van der Waals surface area (Å²) in [7, 11) is 1.57. The fourth-order valence-corrected chi connectivity index (χ4v) is 3.05. The summed E-state index contributed by atoms with van der Waals surface area (Å²) in [6.07, 6.45) is -1.04. The summed E-state index contributed by atoms with van der Waals surface area (Å²) in [5.74, 6) is -1.64. The van der Waals surface area contributed by atoms with Crippen molar-refractivity contribution < 1.29 is 28.7 Å². The molecule has 3 amide bonds. The number of ether oxygens (including phenoxy) is 2. The molecule has 0 bridgehead atoms.